The molecule has 2 heterocycles. The van der Waals surface area contributed by atoms with Crippen molar-refractivity contribution >= 4 is 56.4 Å². The molecule has 11 nitrogen and oxygen atoms in total. The summed E-state index contributed by atoms with van der Waals surface area (Å²) in [5.74, 6) is -1.35. The summed E-state index contributed by atoms with van der Waals surface area (Å²) >= 11 is 6.24. The van der Waals surface area contributed by atoms with E-state index in [9.17, 15) is 22.8 Å². The maximum atomic E-state index is 14.1. The smallest absolute Gasteiger partial charge is 0.273 e. The standard InChI is InChI=1S/C35H39ClN6O5S/c1-21-18-30(22(2)17-25(21)36)48(46,47)42-27-10-8-7-9-26(27)39-34(45)29(42)20-32(43)37-16-15-23-11-13-24(14-12-23)38-33(44)28-19-31(35(3,4)5)40-41(28)6/h7-14,17-19,29H,15-16,20H2,1-6H3,(H,37,43)(H,38,44)(H,39,45). The highest BCUT2D eigenvalue weighted by molar-refractivity contribution is 7.93. The van der Waals surface area contributed by atoms with E-state index in [1.54, 1.807) is 74.1 Å². The summed E-state index contributed by atoms with van der Waals surface area (Å²) in [6.07, 6.45) is 0.0858. The molecule has 1 unspecified atom stereocenters. The first-order valence-electron chi connectivity index (χ1n) is 15.5. The fraction of sp³-hybridized carbons (Fsp3) is 0.314. The Bertz CT molecular complexity index is 2000. The molecule has 1 atom stereocenters. The Balaban J connectivity index is 1.24. The van der Waals surface area contributed by atoms with Gasteiger partial charge in [-0.1, -0.05) is 56.6 Å². The molecule has 1 aliphatic rings. The SMILES string of the molecule is Cc1cc(S(=O)(=O)N2c3ccccc3NC(=O)C2CC(=O)NCCc2ccc(NC(=O)c3cc(C(C)(C)C)nn3C)cc2)c(C)cc1Cl. The van der Waals surface area contributed by atoms with Gasteiger partial charge in [0.2, 0.25) is 11.8 Å². The summed E-state index contributed by atoms with van der Waals surface area (Å²) in [6, 6.07) is 17.4. The summed E-state index contributed by atoms with van der Waals surface area (Å²) in [5, 5.41) is 13.3. The van der Waals surface area contributed by atoms with Crippen molar-refractivity contribution in [2.24, 2.45) is 7.05 Å². The van der Waals surface area contributed by atoms with Gasteiger partial charge < -0.3 is 16.0 Å². The van der Waals surface area contributed by atoms with E-state index < -0.39 is 27.9 Å². The number of carbonyl (C=O) groups is 3. The number of nitrogens with zero attached hydrogens (tertiary/aromatic N) is 3. The maximum absolute atomic E-state index is 14.1. The maximum Gasteiger partial charge on any atom is 0.273 e. The van der Waals surface area contributed by atoms with E-state index >= 15 is 0 Å². The molecule has 5 rings (SSSR count). The summed E-state index contributed by atoms with van der Waals surface area (Å²) in [7, 11) is -2.54. The molecule has 1 aliphatic heterocycles. The van der Waals surface area contributed by atoms with Crippen LogP contribution in [0.5, 0.6) is 0 Å². The van der Waals surface area contributed by atoms with E-state index in [2.05, 4.69) is 21.0 Å². The van der Waals surface area contributed by atoms with E-state index in [-0.39, 0.29) is 34.9 Å². The summed E-state index contributed by atoms with van der Waals surface area (Å²) in [4.78, 5) is 39.3. The van der Waals surface area contributed by atoms with Gasteiger partial charge >= 0.3 is 0 Å². The summed E-state index contributed by atoms with van der Waals surface area (Å²) in [5.41, 5.74) is 4.21. The molecule has 13 heteroatoms. The van der Waals surface area contributed by atoms with Crippen LogP contribution in [0.4, 0.5) is 17.1 Å². The van der Waals surface area contributed by atoms with Gasteiger partial charge in [-0.15, -0.1) is 0 Å². The van der Waals surface area contributed by atoms with Gasteiger partial charge in [0.15, 0.2) is 0 Å². The Morgan fingerprint density at radius 1 is 1.00 bits per heavy atom. The van der Waals surface area contributed by atoms with Crippen molar-refractivity contribution in [3.05, 3.63) is 99.8 Å². The van der Waals surface area contributed by atoms with Crippen molar-refractivity contribution in [2.75, 3.05) is 21.5 Å². The minimum atomic E-state index is -4.28. The summed E-state index contributed by atoms with van der Waals surface area (Å²) in [6.45, 7) is 9.70. The third kappa shape index (κ3) is 7.24. The van der Waals surface area contributed by atoms with Crippen LogP contribution in [0.25, 0.3) is 0 Å². The zero-order chi connectivity index (χ0) is 35.0. The minimum absolute atomic E-state index is 0.00827. The Morgan fingerprint density at radius 3 is 2.35 bits per heavy atom. The predicted molar refractivity (Wildman–Crippen MR) is 187 cm³/mol. The molecule has 3 aromatic carbocycles. The molecule has 0 fully saturated rings. The first-order chi connectivity index (χ1) is 22.6. The molecule has 0 bridgehead atoms. The number of aromatic nitrogens is 2. The molecule has 1 aromatic heterocycles. The van der Waals surface area contributed by atoms with E-state index in [4.69, 9.17) is 11.6 Å². The number of fused-ring (bicyclic) bond motifs is 1. The van der Waals surface area contributed by atoms with Gasteiger partial charge in [0.25, 0.3) is 15.9 Å². The van der Waals surface area contributed by atoms with Crippen molar-refractivity contribution in [3.8, 4) is 0 Å². The minimum Gasteiger partial charge on any atom is -0.356 e. The number of rotatable bonds is 9. The number of carbonyl (C=O) groups excluding carboxylic acids is 3. The van der Waals surface area contributed by atoms with Crippen LogP contribution in [0.3, 0.4) is 0 Å². The van der Waals surface area contributed by atoms with Crippen LogP contribution in [0.1, 0.15) is 60.1 Å². The van der Waals surface area contributed by atoms with E-state index in [1.165, 1.54) is 6.07 Å². The van der Waals surface area contributed by atoms with Crippen LogP contribution < -0.4 is 20.3 Å². The molecule has 252 valence electrons. The van der Waals surface area contributed by atoms with Crippen molar-refractivity contribution in [1.82, 2.24) is 15.1 Å². The second-order valence-electron chi connectivity index (χ2n) is 12.9. The van der Waals surface area contributed by atoms with Gasteiger partial charge in [-0.2, -0.15) is 5.10 Å². The lowest BCUT2D eigenvalue weighted by molar-refractivity contribution is -0.125. The molecule has 0 saturated carbocycles. The monoisotopic (exact) mass is 690 g/mol. The van der Waals surface area contributed by atoms with Gasteiger partial charge in [0, 0.05) is 29.7 Å². The number of aryl methyl sites for hydroxylation is 3. The normalized spacial score (nSPS) is 14.7. The third-order valence-corrected chi connectivity index (χ3v) is 10.6. The fourth-order valence-corrected chi connectivity index (χ4v) is 7.61. The number of hydrogen-bond acceptors (Lipinski definition) is 6. The number of benzene rings is 3. The number of hydrogen-bond donors (Lipinski definition) is 3. The predicted octanol–water partition coefficient (Wildman–Crippen LogP) is 5.51. The molecule has 0 radical (unpaired) electrons. The Morgan fingerprint density at radius 2 is 1.69 bits per heavy atom. The van der Waals surface area contributed by atoms with E-state index in [0.29, 0.717) is 39.6 Å². The van der Waals surface area contributed by atoms with Gasteiger partial charge in [0.1, 0.15) is 11.7 Å². The number of amides is 3. The molecule has 4 aromatic rings. The van der Waals surface area contributed by atoms with Crippen molar-refractivity contribution in [2.45, 2.75) is 63.8 Å². The summed E-state index contributed by atoms with van der Waals surface area (Å²) < 4.78 is 30.9. The Kier molecular flexibility index (Phi) is 9.70. The van der Waals surface area contributed by atoms with Gasteiger partial charge in [-0.3, -0.25) is 23.4 Å². The number of para-hydroxylation sites is 2. The molecule has 3 amide bonds. The van der Waals surface area contributed by atoms with Gasteiger partial charge in [-0.05, 0) is 79.4 Å². The van der Waals surface area contributed by atoms with Gasteiger partial charge in [0.05, 0.1) is 28.4 Å². The first kappa shape index (κ1) is 34.6. The average molecular weight is 691 g/mol. The highest BCUT2D eigenvalue weighted by Crippen LogP contribution is 2.38. The second-order valence-corrected chi connectivity index (χ2v) is 15.1. The third-order valence-electron chi connectivity index (χ3n) is 8.19. The topological polar surface area (TPSA) is 142 Å². The number of nitrogens with one attached hydrogen (secondary N) is 3. The van der Waals surface area contributed by atoms with Crippen LogP contribution in [0.2, 0.25) is 5.02 Å². The van der Waals surface area contributed by atoms with Crippen LogP contribution in [0, 0.1) is 13.8 Å². The zero-order valence-corrected chi connectivity index (χ0v) is 29.3. The first-order valence-corrected chi connectivity index (χ1v) is 17.3. The number of sulfonamides is 1. The Hall–Kier alpha value is -4.68. The number of halogens is 1. The molecular weight excluding hydrogens is 652 g/mol. The van der Waals surface area contributed by atoms with Crippen molar-refractivity contribution in [3.63, 3.8) is 0 Å². The van der Waals surface area contributed by atoms with Crippen LogP contribution in [-0.4, -0.2) is 48.5 Å². The van der Waals surface area contributed by atoms with E-state index in [0.717, 1.165) is 15.6 Å². The largest absolute Gasteiger partial charge is 0.356 e. The Labute approximate surface area is 285 Å². The highest BCUT2D eigenvalue weighted by atomic mass is 35.5. The average Bonchev–Trinajstić information content (AvgIpc) is 3.42. The van der Waals surface area contributed by atoms with Crippen LogP contribution >= 0.6 is 11.6 Å². The lowest BCUT2D eigenvalue weighted by atomic mass is 9.92. The molecular formula is C35H39ClN6O5S. The van der Waals surface area contributed by atoms with E-state index in [1.807, 2.05) is 32.9 Å². The highest BCUT2D eigenvalue weighted by Gasteiger charge is 2.42. The number of anilines is 3. The fourth-order valence-electron chi connectivity index (χ4n) is 5.46. The second kappa shape index (κ2) is 13.4. The molecule has 48 heavy (non-hydrogen) atoms. The van der Waals surface area contributed by atoms with Gasteiger partial charge in [-0.25, -0.2) is 8.42 Å². The van der Waals surface area contributed by atoms with Crippen molar-refractivity contribution < 1.29 is 22.8 Å². The quantitative estimate of drug-likeness (QED) is 0.212. The lowest BCUT2D eigenvalue weighted by Crippen LogP contribution is -2.53. The van der Waals surface area contributed by atoms with Crippen LogP contribution in [0.15, 0.2) is 71.6 Å². The van der Waals surface area contributed by atoms with Crippen LogP contribution in [-0.2, 0) is 38.5 Å². The lowest BCUT2D eigenvalue weighted by Gasteiger charge is -2.37. The molecule has 0 saturated heterocycles. The van der Waals surface area contributed by atoms with Crippen molar-refractivity contribution in [1.29, 1.82) is 0 Å². The molecule has 0 spiro atoms. The molecule has 3 N–H and O–H groups in total. The zero-order valence-electron chi connectivity index (χ0n) is 27.7. The molecule has 0 aliphatic carbocycles.